The fourth-order valence-electron chi connectivity index (χ4n) is 2.08. The predicted octanol–water partition coefficient (Wildman–Crippen LogP) is 0.883. The van der Waals surface area contributed by atoms with E-state index in [4.69, 9.17) is 0 Å². The van der Waals surface area contributed by atoms with E-state index >= 15 is 0 Å². The van der Waals surface area contributed by atoms with Gasteiger partial charge in [-0.15, -0.1) is 0 Å². The molecule has 0 radical (unpaired) electrons. The predicted molar refractivity (Wildman–Crippen MR) is 73.7 cm³/mol. The van der Waals surface area contributed by atoms with Crippen LogP contribution in [0.15, 0.2) is 30.3 Å². The molecule has 0 aliphatic carbocycles. The van der Waals surface area contributed by atoms with Crippen molar-refractivity contribution in [2.75, 3.05) is 18.4 Å². The van der Waals surface area contributed by atoms with Crippen molar-refractivity contribution < 1.29 is 9.59 Å². The monoisotopic (exact) mass is 261 g/mol. The molecule has 102 valence electrons. The summed E-state index contributed by atoms with van der Waals surface area (Å²) in [5, 5.41) is 8.68. The van der Waals surface area contributed by atoms with Gasteiger partial charge in [-0.3, -0.25) is 9.59 Å². The molecule has 1 aromatic carbocycles. The number of anilines is 1. The minimum absolute atomic E-state index is 0.00925. The number of carbonyl (C=O) groups is 2. The zero-order valence-electron chi connectivity index (χ0n) is 10.8. The van der Waals surface area contributed by atoms with E-state index in [9.17, 15) is 9.59 Å². The van der Waals surface area contributed by atoms with Crippen LogP contribution in [-0.4, -0.2) is 30.9 Å². The summed E-state index contributed by atoms with van der Waals surface area (Å²) >= 11 is 0. The van der Waals surface area contributed by atoms with E-state index in [1.165, 1.54) is 0 Å². The SMILES string of the molecule is O=C(CCNC(=O)C1CCCN1)Nc1ccccc1. The molecule has 2 rings (SSSR count). The second-order valence-electron chi connectivity index (χ2n) is 4.60. The van der Waals surface area contributed by atoms with Crippen LogP contribution >= 0.6 is 0 Å². The Kier molecular flexibility index (Phi) is 4.92. The average Bonchev–Trinajstić information content (AvgIpc) is 2.93. The van der Waals surface area contributed by atoms with Gasteiger partial charge in [0.1, 0.15) is 0 Å². The van der Waals surface area contributed by atoms with Gasteiger partial charge in [-0.25, -0.2) is 0 Å². The second kappa shape index (κ2) is 6.89. The van der Waals surface area contributed by atoms with Gasteiger partial charge in [-0.1, -0.05) is 18.2 Å². The average molecular weight is 261 g/mol. The number of para-hydroxylation sites is 1. The summed E-state index contributed by atoms with van der Waals surface area (Å²) in [7, 11) is 0. The van der Waals surface area contributed by atoms with Crippen molar-refractivity contribution in [3.05, 3.63) is 30.3 Å². The summed E-state index contributed by atoms with van der Waals surface area (Å²) in [4.78, 5) is 23.3. The Morgan fingerprint density at radius 3 is 2.74 bits per heavy atom. The highest BCUT2D eigenvalue weighted by atomic mass is 16.2. The molecule has 1 unspecified atom stereocenters. The van der Waals surface area contributed by atoms with Crippen molar-refractivity contribution in [2.24, 2.45) is 0 Å². The standard InChI is InChI=1S/C14H19N3O2/c18-13(17-11-5-2-1-3-6-11)8-10-16-14(19)12-7-4-9-15-12/h1-3,5-6,12,15H,4,7-10H2,(H,16,19)(H,17,18). The Balaban J connectivity index is 1.65. The third-order valence-electron chi connectivity index (χ3n) is 3.09. The molecule has 5 nitrogen and oxygen atoms in total. The number of hydrogen-bond donors (Lipinski definition) is 3. The molecule has 0 spiro atoms. The van der Waals surface area contributed by atoms with E-state index in [2.05, 4.69) is 16.0 Å². The first kappa shape index (κ1) is 13.5. The van der Waals surface area contributed by atoms with Crippen LogP contribution in [0.25, 0.3) is 0 Å². The molecule has 1 atom stereocenters. The lowest BCUT2D eigenvalue weighted by atomic mass is 10.2. The summed E-state index contributed by atoms with van der Waals surface area (Å²) in [6.07, 6.45) is 2.20. The lowest BCUT2D eigenvalue weighted by Gasteiger charge is -2.11. The highest BCUT2D eigenvalue weighted by Crippen LogP contribution is 2.06. The van der Waals surface area contributed by atoms with Crippen LogP contribution in [0.1, 0.15) is 19.3 Å². The lowest BCUT2D eigenvalue weighted by molar-refractivity contribution is -0.122. The third-order valence-corrected chi connectivity index (χ3v) is 3.09. The summed E-state index contributed by atoms with van der Waals surface area (Å²) in [6, 6.07) is 9.20. The fourth-order valence-corrected chi connectivity index (χ4v) is 2.08. The van der Waals surface area contributed by atoms with Crippen LogP contribution in [0, 0.1) is 0 Å². The van der Waals surface area contributed by atoms with Crippen LogP contribution in [0.2, 0.25) is 0 Å². The molecule has 19 heavy (non-hydrogen) atoms. The van der Waals surface area contributed by atoms with Gasteiger partial charge in [-0.2, -0.15) is 0 Å². The smallest absolute Gasteiger partial charge is 0.237 e. The van der Waals surface area contributed by atoms with Gasteiger partial charge >= 0.3 is 0 Å². The largest absolute Gasteiger partial charge is 0.354 e. The van der Waals surface area contributed by atoms with E-state index in [1.54, 1.807) is 0 Å². The second-order valence-corrected chi connectivity index (χ2v) is 4.60. The van der Waals surface area contributed by atoms with Crippen LogP contribution in [0.5, 0.6) is 0 Å². The molecule has 1 saturated heterocycles. The van der Waals surface area contributed by atoms with Gasteiger partial charge in [-0.05, 0) is 31.5 Å². The van der Waals surface area contributed by atoms with E-state index < -0.39 is 0 Å². The first-order valence-corrected chi connectivity index (χ1v) is 6.62. The zero-order valence-corrected chi connectivity index (χ0v) is 10.8. The summed E-state index contributed by atoms with van der Waals surface area (Å²) in [6.45, 7) is 1.27. The number of benzene rings is 1. The maximum Gasteiger partial charge on any atom is 0.237 e. The highest BCUT2D eigenvalue weighted by molar-refractivity contribution is 5.91. The molecule has 2 amide bonds. The number of hydrogen-bond acceptors (Lipinski definition) is 3. The molecule has 1 heterocycles. The summed E-state index contributed by atoms with van der Waals surface area (Å²) in [5.74, 6) is -0.101. The Morgan fingerprint density at radius 1 is 1.26 bits per heavy atom. The summed E-state index contributed by atoms with van der Waals surface area (Å²) in [5.41, 5.74) is 0.774. The Bertz CT molecular complexity index is 428. The number of amides is 2. The minimum Gasteiger partial charge on any atom is -0.354 e. The van der Waals surface area contributed by atoms with Crippen LogP contribution in [0.4, 0.5) is 5.69 Å². The molecule has 0 aromatic heterocycles. The molecule has 5 heteroatoms. The lowest BCUT2D eigenvalue weighted by Crippen LogP contribution is -2.41. The quantitative estimate of drug-likeness (QED) is 0.737. The molecule has 3 N–H and O–H groups in total. The van der Waals surface area contributed by atoms with Crippen LogP contribution in [0.3, 0.4) is 0 Å². The first-order valence-electron chi connectivity index (χ1n) is 6.62. The summed E-state index contributed by atoms with van der Waals surface area (Å²) < 4.78 is 0. The molecule has 1 aliphatic rings. The Labute approximate surface area is 112 Å². The van der Waals surface area contributed by atoms with Crippen molar-refractivity contribution in [3.63, 3.8) is 0 Å². The number of nitrogens with one attached hydrogen (secondary N) is 3. The molecule has 1 fully saturated rings. The van der Waals surface area contributed by atoms with Gasteiger partial charge in [0, 0.05) is 18.7 Å². The van der Waals surface area contributed by atoms with Gasteiger partial charge in [0.05, 0.1) is 6.04 Å². The van der Waals surface area contributed by atoms with E-state index in [-0.39, 0.29) is 24.3 Å². The van der Waals surface area contributed by atoms with Crippen LogP contribution in [-0.2, 0) is 9.59 Å². The first-order chi connectivity index (χ1) is 9.25. The third kappa shape index (κ3) is 4.37. The molecular weight excluding hydrogens is 242 g/mol. The van der Waals surface area contributed by atoms with Crippen LogP contribution < -0.4 is 16.0 Å². The zero-order chi connectivity index (χ0) is 13.5. The van der Waals surface area contributed by atoms with Gasteiger partial charge in [0.25, 0.3) is 0 Å². The minimum atomic E-state index is -0.0918. The number of carbonyl (C=O) groups excluding carboxylic acids is 2. The Hall–Kier alpha value is -1.88. The van der Waals surface area contributed by atoms with Gasteiger partial charge in [0.15, 0.2) is 0 Å². The molecule has 0 bridgehead atoms. The molecule has 1 aromatic rings. The van der Waals surface area contributed by atoms with Gasteiger partial charge < -0.3 is 16.0 Å². The van der Waals surface area contributed by atoms with E-state index in [1.807, 2.05) is 30.3 Å². The molecule has 1 aliphatic heterocycles. The Morgan fingerprint density at radius 2 is 2.05 bits per heavy atom. The maximum absolute atomic E-state index is 11.7. The van der Waals surface area contributed by atoms with Crippen molar-refractivity contribution in [1.82, 2.24) is 10.6 Å². The fraction of sp³-hybridized carbons (Fsp3) is 0.429. The topological polar surface area (TPSA) is 70.2 Å². The van der Waals surface area contributed by atoms with Crippen molar-refractivity contribution in [3.8, 4) is 0 Å². The number of rotatable bonds is 5. The van der Waals surface area contributed by atoms with Crippen molar-refractivity contribution in [1.29, 1.82) is 0 Å². The molecule has 0 saturated carbocycles. The van der Waals surface area contributed by atoms with Gasteiger partial charge in [0.2, 0.25) is 11.8 Å². The normalized spacial score (nSPS) is 18.0. The highest BCUT2D eigenvalue weighted by Gasteiger charge is 2.21. The molecular formula is C14H19N3O2. The van der Waals surface area contributed by atoms with E-state index in [0.717, 1.165) is 25.1 Å². The van der Waals surface area contributed by atoms with E-state index in [0.29, 0.717) is 6.54 Å². The van der Waals surface area contributed by atoms with Crippen molar-refractivity contribution in [2.45, 2.75) is 25.3 Å². The van der Waals surface area contributed by atoms with Crippen molar-refractivity contribution >= 4 is 17.5 Å². The maximum atomic E-state index is 11.7.